The molecule has 2 heteroatoms. The Hall–Kier alpha value is 0.0249. The van der Waals surface area contributed by atoms with Gasteiger partial charge in [-0.25, -0.2) is 0 Å². The molecule has 1 aliphatic heterocycles. The van der Waals surface area contributed by atoms with Crippen LogP contribution >= 0.6 is 0 Å². The van der Waals surface area contributed by atoms with Gasteiger partial charge in [0.2, 0.25) is 0 Å². The van der Waals surface area contributed by atoms with Crippen molar-refractivity contribution < 1.29 is 4.74 Å². The Labute approximate surface area is 63.5 Å². The van der Waals surface area contributed by atoms with E-state index in [0.29, 0.717) is 11.8 Å². The summed E-state index contributed by atoms with van der Waals surface area (Å²) in [5.41, 5.74) is 0.115. The first-order chi connectivity index (χ1) is 4.63. The van der Waals surface area contributed by atoms with Crippen LogP contribution in [0.15, 0.2) is 0 Å². The molecule has 0 aromatic rings. The van der Waals surface area contributed by atoms with E-state index in [0.717, 1.165) is 0 Å². The predicted molar refractivity (Wildman–Crippen MR) is 40.9 cm³/mol. The van der Waals surface area contributed by atoms with Gasteiger partial charge in [-0.15, -0.1) is 0 Å². The van der Waals surface area contributed by atoms with Crippen molar-refractivity contribution in [3.05, 3.63) is 0 Å². The van der Waals surface area contributed by atoms with Crippen LogP contribution in [-0.4, -0.2) is 19.5 Å². The summed E-state index contributed by atoms with van der Waals surface area (Å²) in [4.78, 5) is 0. The fourth-order valence-electron chi connectivity index (χ4n) is 2.40. The normalized spacial score (nSPS) is 59.6. The molecule has 2 bridgehead atoms. The maximum Gasteiger partial charge on any atom is 0.109 e. The Morgan fingerprint density at radius 1 is 1.60 bits per heavy atom. The molecule has 10 heavy (non-hydrogen) atoms. The molecule has 2 radical (unpaired) electrons. The average molecular weight is 136 g/mol. The Balaban J connectivity index is 2.26. The van der Waals surface area contributed by atoms with Gasteiger partial charge in [-0.1, -0.05) is 6.92 Å². The summed E-state index contributed by atoms with van der Waals surface area (Å²) in [6, 6.07) is 0.0220. The first-order valence-corrected chi connectivity index (χ1v) is 4.07. The number of ether oxygens (including phenoxy) is 1. The lowest BCUT2D eigenvalue weighted by molar-refractivity contribution is -0.0324. The topological polar surface area (TPSA) is 9.23 Å². The number of hydrogen-bond donors (Lipinski definition) is 0. The van der Waals surface area contributed by atoms with Crippen molar-refractivity contribution in [3.8, 4) is 0 Å². The van der Waals surface area contributed by atoms with Gasteiger partial charge in [0.25, 0.3) is 0 Å². The summed E-state index contributed by atoms with van der Waals surface area (Å²) in [5.74, 6) is 1.30. The zero-order chi connectivity index (χ0) is 7.35. The number of fused-ring (bicyclic) bond motifs is 2. The third-order valence-electron chi connectivity index (χ3n) is 3.41. The van der Waals surface area contributed by atoms with E-state index in [2.05, 4.69) is 13.8 Å². The number of rotatable bonds is 0. The molecule has 4 atom stereocenters. The SMILES string of the molecule is [B][C@@H]1OC2(C)CC[C@@H]1[C@H]2C. The van der Waals surface area contributed by atoms with E-state index in [1.807, 2.05) is 0 Å². The van der Waals surface area contributed by atoms with Crippen LogP contribution in [0.25, 0.3) is 0 Å². The highest BCUT2D eigenvalue weighted by Gasteiger charge is 2.52. The third kappa shape index (κ3) is 0.632. The lowest BCUT2D eigenvalue weighted by Crippen LogP contribution is -2.29. The van der Waals surface area contributed by atoms with Gasteiger partial charge in [0.05, 0.1) is 5.60 Å². The van der Waals surface area contributed by atoms with E-state index in [4.69, 9.17) is 12.6 Å². The first-order valence-electron chi connectivity index (χ1n) is 4.07. The van der Waals surface area contributed by atoms with Crippen LogP contribution in [0.5, 0.6) is 0 Å². The van der Waals surface area contributed by atoms with Crippen molar-refractivity contribution in [2.75, 3.05) is 0 Å². The van der Waals surface area contributed by atoms with Crippen LogP contribution in [0.1, 0.15) is 26.7 Å². The molecule has 2 aliphatic rings. The van der Waals surface area contributed by atoms with Crippen molar-refractivity contribution in [3.63, 3.8) is 0 Å². The zero-order valence-corrected chi connectivity index (χ0v) is 6.63. The fraction of sp³-hybridized carbons (Fsp3) is 1.00. The molecule has 1 heterocycles. The molecule has 2 rings (SSSR count). The van der Waals surface area contributed by atoms with Crippen molar-refractivity contribution in [2.24, 2.45) is 11.8 Å². The molecular formula is C8H13BO. The van der Waals surface area contributed by atoms with Gasteiger partial charge in [0, 0.05) is 6.00 Å². The van der Waals surface area contributed by atoms with Crippen LogP contribution in [0.4, 0.5) is 0 Å². The van der Waals surface area contributed by atoms with Crippen LogP contribution in [-0.2, 0) is 4.74 Å². The van der Waals surface area contributed by atoms with E-state index in [1.165, 1.54) is 12.8 Å². The zero-order valence-electron chi connectivity index (χ0n) is 6.63. The molecule has 1 saturated heterocycles. The van der Waals surface area contributed by atoms with E-state index in [9.17, 15) is 0 Å². The van der Waals surface area contributed by atoms with Gasteiger partial charge in [-0.3, -0.25) is 0 Å². The molecule has 0 N–H and O–H groups in total. The molecular weight excluding hydrogens is 123 g/mol. The second-order valence-corrected chi connectivity index (χ2v) is 3.89. The Kier molecular flexibility index (Phi) is 1.20. The Bertz CT molecular complexity index is 159. The molecule has 0 aromatic heterocycles. The van der Waals surface area contributed by atoms with E-state index < -0.39 is 0 Å². The number of hydrogen-bond acceptors (Lipinski definition) is 1. The fourth-order valence-corrected chi connectivity index (χ4v) is 2.40. The smallest absolute Gasteiger partial charge is 0.109 e. The van der Waals surface area contributed by atoms with Gasteiger partial charge in [0.1, 0.15) is 7.85 Å². The minimum absolute atomic E-state index is 0.0220. The highest BCUT2D eigenvalue weighted by molar-refractivity contribution is 6.11. The van der Waals surface area contributed by atoms with Crippen LogP contribution < -0.4 is 0 Å². The van der Waals surface area contributed by atoms with E-state index in [-0.39, 0.29) is 11.6 Å². The Morgan fingerprint density at radius 3 is 2.50 bits per heavy atom. The molecule has 54 valence electrons. The summed E-state index contributed by atoms with van der Waals surface area (Å²) >= 11 is 0. The quantitative estimate of drug-likeness (QED) is 0.456. The highest BCUT2D eigenvalue weighted by atomic mass is 16.5. The van der Waals surface area contributed by atoms with Crippen LogP contribution in [0.2, 0.25) is 0 Å². The van der Waals surface area contributed by atoms with Crippen molar-refractivity contribution in [2.45, 2.75) is 38.3 Å². The summed E-state index contributed by atoms with van der Waals surface area (Å²) in [6.45, 7) is 4.44. The van der Waals surface area contributed by atoms with Crippen molar-refractivity contribution >= 4 is 7.85 Å². The average Bonchev–Trinajstić information content (AvgIpc) is 2.20. The summed E-state index contributed by atoms with van der Waals surface area (Å²) in [7, 11) is 5.77. The van der Waals surface area contributed by atoms with Gasteiger partial charge in [0.15, 0.2) is 0 Å². The molecule has 1 saturated carbocycles. The lowest BCUT2D eigenvalue weighted by atomic mass is 9.82. The molecule has 1 nitrogen and oxygen atoms in total. The van der Waals surface area contributed by atoms with Crippen molar-refractivity contribution in [1.82, 2.24) is 0 Å². The van der Waals surface area contributed by atoms with Gasteiger partial charge in [-0.05, 0) is 31.6 Å². The molecule has 2 fully saturated rings. The molecule has 0 aromatic carbocycles. The molecule has 0 amide bonds. The molecule has 0 spiro atoms. The van der Waals surface area contributed by atoms with Crippen LogP contribution in [0, 0.1) is 11.8 Å². The minimum atomic E-state index is 0.0220. The second kappa shape index (κ2) is 1.79. The Morgan fingerprint density at radius 2 is 2.30 bits per heavy atom. The summed E-state index contributed by atoms with van der Waals surface area (Å²) in [6.07, 6.45) is 2.46. The standard InChI is InChI=1S/C8H13BO/c1-5-6-3-4-8(5,2)10-7(6)9/h5-7H,3-4H2,1-2H3/t5-,6-,7-,8?/m1/s1. The van der Waals surface area contributed by atoms with E-state index >= 15 is 0 Å². The summed E-state index contributed by atoms with van der Waals surface area (Å²) in [5, 5.41) is 0. The van der Waals surface area contributed by atoms with Crippen LogP contribution in [0.3, 0.4) is 0 Å². The predicted octanol–water partition coefficient (Wildman–Crippen LogP) is 1.32. The van der Waals surface area contributed by atoms with E-state index in [1.54, 1.807) is 0 Å². The summed E-state index contributed by atoms with van der Waals surface area (Å²) < 4.78 is 5.64. The first kappa shape index (κ1) is 6.72. The lowest BCUT2D eigenvalue weighted by Gasteiger charge is -2.26. The largest absolute Gasteiger partial charge is 0.381 e. The maximum atomic E-state index is 5.77. The van der Waals surface area contributed by atoms with Gasteiger partial charge < -0.3 is 4.74 Å². The maximum absolute atomic E-state index is 5.77. The minimum Gasteiger partial charge on any atom is -0.381 e. The van der Waals surface area contributed by atoms with Gasteiger partial charge in [-0.2, -0.15) is 0 Å². The highest BCUT2D eigenvalue weighted by Crippen LogP contribution is 2.51. The third-order valence-corrected chi connectivity index (χ3v) is 3.41. The second-order valence-electron chi connectivity index (χ2n) is 3.89. The molecule has 1 aliphatic carbocycles. The van der Waals surface area contributed by atoms with Gasteiger partial charge >= 0.3 is 0 Å². The molecule has 1 unspecified atom stereocenters. The monoisotopic (exact) mass is 136 g/mol. The van der Waals surface area contributed by atoms with Crippen molar-refractivity contribution in [1.29, 1.82) is 0 Å².